The largest absolute Gasteiger partial charge is 0.416 e. The summed E-state index contributed by atoms with van der Waals surface area (Å²) in [7, 11) is 0. The lowest BCUT2D eigenvalue weighted by Gasteiger charge is -2.21. The van der Waals surface area contributed by atoms with E-state index in [2.05, 4.69) is 0 Å². The van der Waals surface area contributed by atoms with E-state index in [0.717, 1.165) is 31.4 Å². The Morgan fingerprint density at radius 3 is 2.55 bits per heavy atom. The van der Waals surface area contributed by atoms with Crippen LogP contribution in [0.4, 0.5) is 17.6 Å². The fourth-order valence-corrected chi connectivity index (χ4v) is 2.33. The number of amides is 1. The standard InChI is InChI=1S/C14H15F4NO/c15-12-7-10(6-11(8-12)14(16,17)18)9-19-5-3-1-2-4-13(19)20/h6-8H,1-5,9H2. The van der Waals surface area contributed by atoms with Gasteiger partial charge in [-0.3, -0.25) is 4.79 Å². The first-order valence-corrected chi connectivity index (χ1v) is 6.51. The number of carbonyl (C=O) groups is 1. The van der Waals surface area contributed by atoms with Crippen molar-refractivity contribution in [2.45, 2.75) is 38.4 Å². The highest BCUT2D eigenvalue weighted by Gasteiger charge is 2.31. The number of rotatable bonds is 2. The van der Waals surface area contributed by atoms with Gasteiger partial charge in [-0.2, -0.15) is 13.2 Å². The van der Waals surface area contributed by atoms with Crippen molar-refractivity contribution in [2.75, 3.05) is 6.54 Å². The van der Waals surface area contributed by atoms with Gasteiger partial charge in [-0.05, 0) is 36.6 Å². The first-order chi connectivity index (χ1) is 9.36. The molecular weight excluding hydrogens is 274 g/mol. The average Bonchev–Trinajstić information content (AvgIpc) is 2.53. The fourth-order valence-electron chi connectivity index (χ4n) is 2.33. The minimum absolute atomic E-state index is 0.0275. The SMILES string of the molecule is O=C1CCCCCN1Cc1cc(F)cc(C(F)(F)F)c1. The Hall–Kier alpha value is -1.59. The highest BCUT2D eigenvalue weighted by molar-refractivity contribution is 5.76. The van der Waals surface area contributed by atoms with Crippen molar-refractivity contribution >= 4 is 5.91 Å². The van der Waals surface area contributed by atoms with Crippen LogP contribution in [-0.2, 0) is 17.5 Å². The Morgan fingerprint density at radius 1 is 1.10 bits per heavy atom. The van der Waals surface area contributed by atoms with Gasteiger partial charge in [0.2, 0.25) is 5.91 Å². The second kappa shape index (κ2) is 5.81. The molecule has 0 aromatic heterocycles. The van der Waals surface area contributed by atoms with Gasteiger partial charge in [0.05, 0.1) is 5.56 Å². The van der Waals surface area contributed by atoms with Crippen molar-refractivity contribution in [3.63, 3.8) is 0 Å². The third kappa shape index (κ3) is 3.71. The molecular formula is C14H15F4NO. The topological polar surface area (TPSA) is 20.3 Å². The highest BCUT2D eigenvalue weighted by atomic mass is 19.4. The Bertz CT molecular complexity index is 498. The van der Waals surface area contributed by atoms with Gasteiger partial charge in [0, 0.05) is 19.5 Å². The summed E-state index contributed by atoms with van der Waals surface area (Å²) in [6, 6.07) is 2.42. The maximum atomic E-state index is 13.3. The number of alkyl halides is 3. The van der Waals surface area contributed by atoms with Gasteiger partial charge in [0.1, 0.15) is 5.82 Å². The molecule has 0 radical (unpaired) electrons. The van der Waals surface area contributed by atoms with Crippen LogP contribution in [0.5, 0.6) is 0 Å². The number of hydrogen-bond donors (Lipinski definition) is 0. The molecule has 1 saturated heterocycles. The summed E-state index contributed by atoms with van der Waals surface area (Å²) in [6.07, 6.45) is -1.63. The molecule has 0 bridgehead atoms. The fraction of sp³-hybridized carbons (Fsp3) is 0.500. The van der Waals surface area contributed by atoms with Gasteiger partial charge >= 0.3 is 6.18 Å². The lowest BCUT2D eigenvalue weighted by atomic mass is 10.1. The average molecular weight is 289 g/mol. The van der Waals surface area contributed by atoms with Gasteiger partial charge < -0.3 is 4.90 Å². The molecule has 0 atom stereocenters. The molecule has 110 valence electrons. The van der Waals surface area contributed by atoms with Crippen LogP contribution in [0.1, 0.15) is 36.8 Å². The monoisotopic (exact) mass is 289 g/mol. The summed E-state index contributed by atoms with van der Waals surface area (Å²) in [6.45, 7) is 0.538. The van der Waals surface area contributed by atoms with E-state index in [9.17, 15) is 22.4 Å². The first kappa shape index (κ1) is 14.8. The summed E-state index contributed by atoms with van der Waals surface area (Å²) in [5.74, 6) is -1.02. The van der Waals surface area contributed by atoms with E-state index >= 15 is 0 Å². The lowest BCUT2D eigenvalue weighted by molar-refractivity contribution is -0.137. The Balaban J connectivity index is 2.20. The minimum atomic E-state index is -4.58. The van der Waals surface area contributed by atoms with E-state index in [1.807, 2.05) is 0 Å². The van der Waals surface area contributed by atoms with E-state index in [1.54, 1.807) is 0 Å². The molecule has 1 amide bonds. The maximum Gasteiger partial charge on any atom is 0.416 e. The van der Waals surface area contributed by atoms with Crippen molar-refractivity contribution in [1.29, 1.82) is 0 Å². The van der Waals surface area contributed by atoms with Crippen molar-refractivity contribution in [1.82, 2.24) is 4.90 Å². The zero-order chi connectivity index (χ0) is 14.8. The van der Waals surface area contributed by atoms with E-state index in [1.165, 1.54) is 4.90 Å². The molecule has 2 nitrogen and oxygen atoms in total. The normalized spacial score (nSPS) is 17.2. The summed E-state index contributed by atoms with van der Waals surface area (Å²) in [5.41, 5.74) is -0.845. The van der Waals surface area contributed by atoms with Crippen LogP contribution >= 0.6 is 0 Å². The molecule has 2 rings (SSSR count). The quantitative estimate of drug-likeness (QED) is 0.759. The van der Waals surface area contributed by atoms with Crippen LogP contribution in [0.25, 0.3) is 0 Å². The Labute approximate surface area is 114 Å². The summed E-state index contributed by atoms with van der Waals surface area (Å²) in [5, 5.41) is 0. The van der Waals surface area contributed by atoms with Crippen LogP contribution in [0.2, 0.25) is 0 Å². The number of benzene rings is 1. The predicted octanol–water partition coefficient (Wildman–Crippen LogP) is 3.75. The number of nitrogens with zero attached hydrogens (tertiary/aromatic N) is 1. The van der Waals surface area contributed by atoms with Crippen LogP contribution in [0.15, 0.2) is 18.2 Å². The molecule has 0 aliphatic carbocycles. The second-order valence-electron chi connectivity index (χ2n) is 4.97. The number of halogens is 4. The van der Waals surface area contributed by atoms with Gasteiger partial charge in [-0.25, -0.2) is 4.39 Å². The van der Waals surface area contributed by atoms with Crippen molar-refractivity contribution in [3.05, 3.63) is 35.1 Å². The molecule has 1 heterocycles. The number of likely N-dealkylation sites (tertiary alicyclic amines) is 1. The van der Waals surface area contributed by atoms with E-state index < -0.39 is 17.6 Å². The van der Waals surface area contributed by atoms with Crippen LogP contribution in [0.3, 0.4) is 0 Å². The van der Waals surface area contributed by atoms with E-state index in [4.69, 9.17) is 0 Å². The van der Waals surface area contributed by atoms with Crippen LogP contribution < -0.4 is 0 Å². The predicted molar refractivity (Wildman–Crippen MR) is 65.3 cm³/mol. The summed E-state index contributed by atoms with van der Waals surface area (Å²) in [4.78, 5) is 13.3. The van der Waals surface area contributed by atoms with Gasteiger partial charge in [0.25, 0.3) is 0 Å². The minimum Gasteiger partial charge on any atom is -0.338 e. The molecule has 1 aliphatic heterocycles. The molecule has 0 saturated carbocycles. The van der Waals surface area contributed by atoms with E-state index in [0.29, 0.717) is 19.0 Å². The summed E-state index contributed by atoms with van der Waals surface area (Å²) >= 11 is 0. The molecule has 0 N–H and O–H groups in total. The van der Waals surface area contributed by atoms with Crippen LogP contribution in [-0.4, -0.2) is 17.4 Å². The Kier molecular flexibility index (Phi) is 4.30. The smallest absolute Gasteiger partial charge is 0.338 e. The molecule has 1 aromatic carbocycles. The zero-order valence-corrected chi connectivity index (χ0v) is 10.8. The van der Waals surface area contributed by atoms with Gasteiger partial charge in [-0.1, -0.05) is 6.42 Å². The molecule has 0 unspecified atom stereocenters. The second-order valence-corrected chi connectivity index (χ2v) is 4.97. The molecule has 1 aliphatic rings. The van der Waals surface area contributed by atoms with Gasteiger partial charge in [0.15, 0.2) is 0 Å². The third-order valence-electron chi connectivity index (χ3n) is 3.33. The van der Waals surface area contributed by atoms with Gasteiger partial charge in [-0.15, -0.1) is 0 Å². The maximum absolute atomic E-state index is 13.3. The number of hydrogen-bond acceptors (Lipinski definition) is 1. The molecule has 1 aromatic rings. The zero-order valence-electron chi connectivity index (χ0n) is 10.8. The van der Waals surface area contributed by atoms with Crippen molar-refractivity contribution < 1.29 is 22.4 Å². The third-order valence-corrected chi connectivity index (χ3v) is 3.33. The first-order valence-electron chi connectivity index (χ1n) is 6.51. The van der Waals surface area contributed by atoms with Crippen LogP contribution in [0, 0.1) is 5.82 Å². The lowest BCUT2D eigenvalue weighted by Crippen LogP contribution is -2.29. The van der Waals surface area contributed by atoms with E-state index in [-0.39, 0.29) is 18.0 Å². The molecule has 6 heteroatoms. The Morgan fingerprint density at radius 2 is 1.85 bits per heavy atom. The molecule has 0 spiro atoms. The molecule has 20 heavy (non-hydrogen) atoms. The summed E-state index contributed by atoms with van der Waals surface area (Å²) < 4.78 is 51.1. The number of carbonyl (C=O) groups excluding carboxylic acids is 1. The highest BCUT2D eigenvalue weighted by Crippen LogP contribution is 2.30. The molecule has 1 fully saturated rings. The van der Waals surface area contributed by atoms with Crippen molar-refractivity contribution in [3.8, 4) is 0 Å². The van der Waals surface area contributed by atoms with Crippen molar-refractivity contribution in [2.24, 2.45) is 0 Å².